The first-order valence-electron chi connectivity index (χ1n) is 8.38. The van der Waals surface area contributed by atoms with E-state index >= 15 is 0 Å². The van der Waals surface area contributed by atoms with Crippen LogP contribution in [0.5, 0.6) is 5.75 Å². The van der Waals surface area contributed by atoms with Crippen molar-refractivity contribution < 1.29 is 9.53 Å². The summed E-state index contributed by atoms with van der Waals surface area (Å²) in [4.78, 5) is 13.2. The summed E-state index contributed by atoms with van der Waals surface area (Å²) in [5, 5.41) is 4.27. The highest BCUT2D eigenvalue weighted by Gasteiger charge is 2.18. The van der Waals surface area contributed by atoms with E-state index in [1.54, 1.807) is 31.4 Å². The maximum absolute atomic E-state index is 12.7. The zero-order valence-corrected chi connectivity index (χ0v) is 16.1. The lowest BCUT2D eigenvalue weighted by Crippen LogP contribution is -2.10. The van der Waals surface area contributed by atoms with Crippen LogP contribution in [0.25, 0.3) is 21.2 Å². The van der Waals surface area contributed by atoms with Crippen molar-refractivity contribution in [3.63, 3.8) is 0 Å². The van der Waals surface area contributed by atoms with E-state index in [0.29, 0.717) is 15.6 Å². The Morgan fingerprint density at radius 2 is 1.70 bits per heavy atom. The van der Waals surface area contributed by atoms with Gasteiger partial charge < -0.3 is 10.1 Å². The Balaban J connectivity index is 1.65. The summed E-state index contributed by atoms with van der Waals surface area (Å²) in [5.41, 5.74) is 2.93. The Kier molecular flexibility index (Phi) is 4.84. The molecule has 1 heterocycles. The zero-order valence-electron chi connectivity index (χ0n) is 14.5. The van der Waals surface area contributed by atoms with Crippen molar-refractivity contribution in [1.29, 1.82) is 0 Å². The molecule has 27 heavy (non-hydrogen) atoms. The van der Waals surface area contributed by atoms with Crippen molar-refractivity contribution in [3.8, 4) is 16.9 Å². The first-order chi connectivity index (χ1) is 13.2. The first-order valence-corrected chi connectivity index (χ1v) is 9.58. The van der Waals surface area contributed by atoms with Gasteiger partial charge in [-0.15, -0.1) is 11.3 Å². The SMILES string of the molecule is COc1ccc(NC(=O)c2sc3cc(-c4ccccc4)ccc3c2Cl)cc1. The largest absolute Gasteiger partial charge is 0.497 e. The van der Waals surface area contributed by atoms with Gasteiger partial charge in [0.1, 0.15) is 10.6 Å². The van der Waals surface area contributed by atoms with Crippen molar-refractivity contribution in [1.82, 2.24) is 0 Å². The summed E-state index contributed by atoms with van der Waals surface area (Å²) in [6.45, 7) is 0. The molecule has 0 radical (unpaired) electrons. The van der Waals surface area contributed by atoms with Crippen LogP contribution >= 0.6 is 22.9 Å². The Morgan fingerprint density at radius 3 is 2.41 bits per heavy atom. The number of methoxy groups -OCH3 is 1. The van der Waals surface area contributed by atoms with Gasteiger partial charge in [-0.2, -0.15) is 0 Å². The molecular formula is C22H16ClNO2S. The van der Waals surface area contributed by atoms with Gasteiger partial charge in [-0.05, 0) is 41.5 Å². The number of benzene rings is 3. The average molecular weight is 394 g/mol. The number of fused-ring (bicyclic) bond motifs is 1. The van der Waals surface area contributed by atoms with E-state index in [0.717, 1.165) is 27.0 Å². The highest BCUT2D eigenvalue weighted by Crippen LogP contribution is 2.38. The number of halogens is 1. The minimum atomic E-state index is -0.215. The van der Waals surface area contributed by atoms with E-state index in [-0.39, 0.29) is 5.91 Å². The van der Waals surface area contributed by atoms with Gasteiger partial charge in [0.15, 0.2) is 0 Å². The lowest BCUT2D eigenvalue weighted by molar-refractivity contribution is 0.103. The quantitative estimate of drug-likeness (QED) is 0.430. The van der Waals surface area contributed by atoms with Crippen molar-refractivity contribution in [2.75, 3.05) is 12.4 Å². The molecule has 1 amide bonds. The van der Waals surface area contributed by atoms with Crippen LogP contribution in [-0.2, 0) is 0 Å². The number of nitrogens with one attached hydrogen (secondary N) is 1. The fourth-order valence-corrected chi connectivity index (χ4v) is 4.34. The van der Waals surface area contributed by atoms with Crippen LogP contribution in [0.15, 0.2) is 72.8 Å². The number of ether oxygens (including phenoxy) is 1. The second-order valence-corrected chi connectivity index (χ2v) is 7.43. The van der Waals surface area contributed by atoms with Crippen LogP contribution in [0.2, 0.25) is 5.02 Å². The van der Waals surface area contributed by atoms with Crippen LogP contribution in [0.4, 0.5) is 5.69 Å². The van der Waals surface area contributed by atoms with Gasteiger partial charge in [0.2, 0.25) is 0 Å². The number of hydrogen-bond acceptors (Lipinski definition) is 3. The van der Waals surface area contributed by atoms with Crippen LogP contribution < -0.4 is 10.1 Å². The molecule has 4 aromatic rings. The summed E-state index contributed by atoms with van der Waals surface area (Å²) in [7, 11) is 1.61. The summed E-state index contributed by atoms with van der Waals surface area (Å²) in [6.07, 6.45) is 0. The molecule has 0 aliphatic carbocycles. The van der Waals surface area contributed by atoms with E-state index < -0.39 is 0 Å². The number of amides is 1. The highest BCUT2D eigenvalue weighted by molar-refractivity contribution is 7.21. The van der Waals surface area contributed by atoms with Crippen molar-refractivity contribution in [2.45, 2.75) is 0 Å². The molecule has 4 rings (SSSR count). The lowest BCUT2D eigenvalue weighted by Gasteiger charge is -2.05. The number of rotatable bonds is 4. The molecule has 3 nitrogen and oxygen atoms in total. The minimum absolute atomic E-state index is 0.215. The maximum Gasteiger partial charge on any atom is 0.267 e. The predicted molar refractivity (Wildman–Crippen MR) is 113 cm³/mol. The van der Waals surface area contributed by atoms with Crippen LogP contribution in [0.3, 0.4) is 0 Å². The average Bonchev–Trinajstić information content (AvgIpc) is 3.05. The van der Waals surface area contributed by atoms with E-state index in [9.17, 15) is 4.79 Å². The Labute approximate surface area is 166 Å². The second kappa shape index (κ2) is 7.43. The molecule has 0 aliphatic heterocycles. The fraction of sp³-hybridized carbons (Fsp3) is 0.0455. The second-order valence-electron chi connectivity index (χ2n) is 6.00. The van der Waals surface area contributed by atoms with Gasteiger partial charge in [-0.3, -0.25) is 4.79 Å². The van der Waals surface area contributed by atoms with E-state index in [4.69, 9.17) is 16.3 Å². The third-order valence-corrected chi connectivity index (χ3v) is 5.95. The molecule has 5 heteroatoms. The van der Waals surface area contributed by atoms with Gasteiger partial charge in [0.05, 0.1) is 12.1 Å². The normalized spacial score (nSPS) is 10.7. The van der Waals surface area contributed by atoms with Gasteiger partial charge in [0, 0.05) is 15.8 Å². The van der Waals surface area contributed by atoms with Gasteiger partial charge in [-0.1, -0.05) is 54.1 Å². The summed E-state index contributed by atoms with van der Waals surface area (Å²) < 4.78 is 6.12. The summed E-state index contributed by atoms with van der Waals surface area (Å²) >= 11 is 7.89. The fourth-order valence-electron chi connectivity index (χ4n) is 2.88. The molecule has 3 aromatic carbocycles. The molecule has 0 fully saturated rings. The standard InChI is InChI=1S/C22H16ClNO2S/c1-26-17-10-8-16(9-11-17)24-22(25)21-20(23)18-12-7-15(13-19(18)27-21)14-5-3-2-4-6-14/h2-13H,1H3,(H,24,25). The zero-order chi connectivity index (χ0) is 18.8. The van der Waals surface area contributed by atoms with Crippen molar-refractivity contribution >= 4 is 44.6 Å². The highest BCUT2D eigenvalue weighted by atomic mass is 35.5. The smallest absolute Gasteiger partial charge is 0.267 e. The molecule has 0 atom stereocenters. The Hall–Kier alpha value is -2.82. The molecule has 0 bridgehead atoms. The molecule has 1 N–H and O–H groups in total. The van der Waals surface area contributed by atoms with Crippen molar-refractivity contribution in [3.05, 3.63) is 82.7 Å². The van der Waals surface area contributed by atoms with Gasteiger partial charge >= 0.3 is 0 Å². The van der Waals surface area contributed by atoms with E-state index in [2.05, 4.69) is 23.5 Å². The molecule has 0 saturated heterocycles. The number of thiophene rings is 1. The molecule has 0 unspecified atom stereocenters. The lowest BCUT2D eigenvalue weighted by atomic mass is 10.1. The topological polar surface area (TPSA) is 38.3 Å². The van der Waals surface area contributed by atoms with Gasteiger partial charge in [0.25, 0.3) is 5.91 Å². The first kappa shape index (κ1) is 17.6. The molecular weight excluding hydrogens is 378 g/mol. The van der Waals surface area contributed by atoms with Crippen LogP contribution in [0, 0.1) is 0 Å². The molecule has 0 aliphatic rings. The molecule has 0 spiro atoms. The molecule has 1 aromatic heterocycles. The molecule has 134 valence electrons. The third-order valence-electron chi connectivity index (χ3n) is 4.29. The third kappa shape index (κ3) is 3.54. The number of carbonyl (C=O) groups excluding carboxylic acids is 1. The summed E-state index contributed by atoms with van der Waals surface area (Å²) in [5.74, 6) is 0.522. The van der Waals surface area contributed by atoms with E-state index in [1.165, 1.54) is 11.3 Å². The molecule has 0 saturated carbocycles. The predicted octanol–water partition coefficient (Wildman–Crippen LogP) is 6.48. The maximum atomic E-state index is 12.7. The Morgan fingerprint density at radius 1 is 0.963 bits per heavy atom. The van der Waals surface area contributed by atoms with Crippen LogP contribution in [0.1, 0.15) is 9.67 Å². The monoisotopic (exact) mass is 393 g/mol. The number of carbonyl (C=O) groups is 1. The number of hydrogen-bond donors (Lipinski definition) is 1. The van der Waals surface area contributed by atoms with E-state index in [1.807, 2.05) is 30.3 Å². The summed E-state index contributed by atoms with van der Waals surface area (Å²) in [6, 6.07) is 23.4. The minimum Gasteiger partial charge on any atom is -0.497 e. The van der Waals surface area contributed by atoms with Crippen molar-refractivity contribution in [2.24, 2.45) is 0 Å². The number of anilines is 1. The van der Waals surface area contributed by atoms with Gasteiger partial charge in [-0.25, -0.2) is 0 Å². The Bertz CT molecular complexity index is 1100. The van der Waals surface area contributed by atoms with Crippen LogP contribution in [-0.4, -0.2) is 13.0 Å².